The van der Waals surface area contributed by atoms with Gasteiger partial charge in [-0.05, 0) is 43.7 Å². The van der Waals surface area contributed by atoms with E-state index in [9.17, 15) is 4.79 Å². The van der Waals surface area contributed by atoms with Gasteiger partial charge in [-0.15, -0.1) is 11.3 Å². The maximum atomic E-state index is 12.3. The number of thiophene rings is 1. The van der Waals surface area contributed by atoms with Crippen LogP contribution < -0.4 is 5.73 Å². The zero-order valence-electron chi connectivity index (χ0n) is 13.7. The molecular weight excluding hydrogens is 280 g/mol. The lowest BCUT2D eigenvalue weighted by Crippen LogP contribution is -2.36. The largest absolute Gasteiger partial charge is 0.343 e. The molecule has 1 rings (SSSR count). The summed E-state index contributed by atoms with van der Waals surface area (Å²) in [5.74, 6) is 0.863. The summed E-state index contributed by atoms with van der Waals surface area (Å²) in [7, 11) is 1.93. The van der Waals surface area contributed by atoms with Crippen LogP contribution in [0.5, 0.6) is 0 Å². The molecule has 0 aliphatic rings. The van der Waals surface area contributed by atoms with Crippen LogP contribution in [-0.4, -0.2) is 30.4 Å². The lowest BCUT2D eigenvalue weighted by atomic mass is 9.94. The van der Waals surface area contributed by atoms with Gasteiger partial charge in [0.1, 0.15) is 0 Å². The highest BCUT2D eigenvalue weighted by Gasteiger charge is 2.18. The molecule has 3 nitrogen and oxygen atoms in total. The summed E-state index contributed by atoms with van der Waals surface area (Å²) < 4.78 is 0. The molecule has 2 unspecified atom stereocenters. The molecule has 1 aromatic heterocycles. The van der Waals surface area contributed by atoms with E-state index in [4.69, 9.17) is 5.73 Å². The summed E-state index contributed by atoms with van der Waals surface area (Å²) in [6, 6.07) is 4.46. The summed E-state index contributed by atoms with van der Waals surface area (Å²) in [5.41, 5.74) is 5.66. The van der Waals surface area contributed by atoms with E-state index in [0.717, 1.165) is 25.8 Å². The van der Waals surface area contributed by atoms with Gasteiger partial charge < -0.3 is 10.6 Å². The minimum atomic E-state index is 0.260. The van der Waals surface area contributed by atoms with Crippen LogP contribution >= 0.6 is 11.3 Å². The number of hydrogen-bond acceptors (Lipinski definition) is 3. The van der Waals surface area contributed by atoms with Crippen molar-refractivity contribution in [2.45, 2.75) is 58.4 Å². The van der Waals surface area contributed by atoms with Crippen LogP contribution in [-0.2, 0) is 11.2 Å². The summed E-state index contributed by atoms with van der Waals surface area (Å²) in [6.07, 6.45) is 5.95. The van der Waals surface area contributed by atoms with E-state index in [-0.39, 0.29) is 11.9 Å². The van der Waals surface area contributed by atoms with Crippen molar-refractivity contribution in [2.24, 2.45) is 11.7 Å². The minimum absolute atomic E-state index is 0.260. The molecule has 2 atom stereocenters. The third-order valence-electron chi connectivity index (χ3n) is 4.17. The SMILES string of the molecule is CCCC(CCN)CCC(=O)N(C)C(C)Cc1cccs1. The van der Waals surface area contributed by atoms with Gasteiger partial charge in [-0.3, -0.25) is 4.79 Å². The monoisotopic (exact) mass is 310 g/mol. The molecule has 0 aliphatic carbocycles. The molecule has 1 aromatic rings. The fourth-order valence-corrected chi connectivity index (χ4v) is 3.51. The van der Waals surface area contributed by atoms with Gasteiger partial charge in [0, 0.05) is 30.8 Å². The average Bonchev–Trinajstić information content (AvgIpc) is 2.96. The number of nitrogens with two attached hydrogens (primary N) is 1. The smallest absolute Gasteiger partial charge is 0.222 e. The van der Waals surface area contributed by atoms with Gasteiger partial charge in [0.15, 0.2) is 0 Å². The maximum absolute atomic E-state index is 12.3. The Balaban J connectivity index is 2.38. The molecule has 21 heavy (non-hydrogen) atoms. The lowest BCUT2D eigenvalue weighted by molar-refractivity contribution is -0.132. The highest BCUT2D eigenvalue weighted by molar-refractivity contribution is 7.09. The third kappa shape index (κ3) is 6.62. The lowest BCUT2D eigenvalue weighted by Gasteiger charge is -2.25. The number of rotatable bonds is 10. The van der Waals surface area contributed by atoms with Crippen molar-refractivity contribution in [3.63, 3.8) is 0 Å². The summed E-state index contributed by atoms with van der Waals surface area (Å²) in [5, 5.41) is 2.09. The fraction of sp³-hybridized carbons (Fsp3) is 0.706. The Morgan fingerprint density at radius 1 is 1.38 bits per heavy atom. The van der Waals surface area contributed by atoms with Crippen LogP contribution in [0.1, 0.15) is 50.8 Å². The molecule has 4 heteroatoms. The van der Waals surface area contributed by atoms with E-state index in [1.54, 1.807) is 11.3 Å². The van der Waals surface area contributed by atoms with E-state index in [2.05, 4.69) is 31.4 Å². The zero-order valence-corrected chi connectivity index (χ0v) is 14.5. The Hall–Kier alpha value is -0.870. The zero-order chi connectivity index (χ0) is 15.7. The van der Waals surface area contributed by atoms with Gasteiger partial charge in [0.25, 0.3) is 0 Å². The predicted molar refractivity (Wildman–Crippen MR) is 91.6 cm³/mol. The van der Waals surface area contributed by atoms with E-state index < -0.39 is 0 Å². The van der Waals surface area contributed by atoms with Crippen LogP contribution in [0.2, 0.25) is 0 Å². The number of carbonyl (C=O) groups is 1. The molecular formula is C17H30N2OS. The first kappa shape index (κ1) is 18.2. The first-order valence-electron chi connectivity index (χ1n) is 8.06. The molecule has 0 saturated heterocycles. The fourth-order valence-electron chi connectivity index (χ4n) is 2.68. The van der Waals surface area contributed by atoms with Crippen molar-refractivity contribution in [2.75, 3.05) is 13.6 Å². The first-order chi connectivity index (χ1) is 10.1. The van der Waals surface area contributed by atoms with Gasteiger partial charge in [-0.25, -0.2) is 0 Å². The molecule has 1 amide bonds. The molecule has 0 aliphatic heterocycles. The number of likely N-dealkylation sites (N-methyl/N-ethyl adjacent to an activating group) is 1. The van der Waals surface area contributed by atoms with Crippen molar-refractivity contribution in [3.05, 3.63) is 22.4 Å². The van der Waals surface area contributed by atoms with Crippen molar-refractivity contribution < 1.29 is 4.79 Å². The Bertz CT molecular complexity index is 386. The Morgan fingerprint density at radius 2 is 2.14 bits per heavy atom. The quantitative estimate of drug-likeness (QED) is 0.716. The standard InChI is InChI=1S/C17H30N2OS/c1-4-6-15(10-11-18)8-9-17(20)19(3)14(2)13-16-7-5-12-21-16/h5,7,12,14-15H,4,6,8-11,13,18H2,1-3H3. The maximum Gasteiger partial charge on any atom is 0.222 e. The average molecular weight is 311 g/mol. The van der Waals surface area contributed by atoms with Crippen LogP contribution in [0.15, 0.2) is 17.5 Å². The predicted octanol–water partition coefficient (Wildman–Crippen LogP) is 3.68. The molecule has 2 N–H and O–H groups in total. The minimum Gasteiger partial charge on any atom is -0.343 e. The van der Waals surface area contributed by atoms with E-state index in [0.29, 0.717) is 12.3 Å². The van der Waals surface area contributed by atoms with E-state index >= 15 is 0 Å². The Kier molecular flexibility index (Phi) is 8.62. The Labute approximate surface area is 133 Å². The molecule has 0 spiro atoms. The third-order valence-corrected chi connectivity index (χ3v) is 5.07. The molecule has 0 bridgehead atoms. The number of hydrogen-bond donors (Lipinski definition) is 1. The van der Waals surface area contributed by atoms with Gasteiger partial charge >= 0.3 is 0 Å². The topological polar surface area (TPSA) is 46.3 Å². The van der Waals surface area contributed by atoms with Crippen LogP contribution in [0.25, 0.3) is 0 Å². The highest BCUT2D eigenvalue weighted by atomic mass is 32.1. The molecule has 0 aromatic carbocycles. The van der Waals surface area contributed by atoms with E-state index in [1.807, 2.05) is 11.9 Å². The summed E-state index contributed by atoms with van der Waals surface area (Å²) in [6.45, 7) is 5.05. The Morgan fingerprint density at radius 3 is 2.71 bits per heavy atom. The van der Waals surface area contributed by atoms with Crippen LogP contribution in [0.3, 0.4) is 0 Å². The molecule has 0 radical (unpaired) electrons. The van der Waals surface area contributed by atoms with Crippen LogP contribution in [0.4, 0.5) is 0 Å². The molecule has 1 heterocycles. The number of carbonyl (C=O) groups excluding carboxylic acids is 1. The van der Waals surface area contributed by atoms with Gasteiger partial charge in [0.2, 0.25) is 5.91 Å². The molecule has 120 valence electrons. The summed E-state index contributed by atoms with van der Waals surface area (Å²) in [4.78, 5) is 15.6. The molecule has 0 fully saturated rings. The van der Waals surface area contributed by atoms with Crippen molar-refractivity contribution >= 4 is 17.2 Å². The van der Waals surface area contributed by atoms with Crippen molar-refractivity contribution in [3.8, 4) is 0 Å². The number of amides is 1. The second-order valence-corrected chi connectivity index (χ2v) is 6.94. The van der Waals surface area contributed by atoms with Crippen molar-refractivity contribution in [1.82, 2.24) is 4.90 Å². The van der Waals surface area contributed by atoms with Crippen LogP contribution in [0, 0.1) is 5.92 Å². The first-order valence-corrected chi connectivity index (χ1v) is 8.94. The van der Waals surface area contributed by atoms with Crippen molar-refractivity contribution in [1.29, 1.82) is 0 Å². The van der Waals surface area contributed by atoms with Gasteiger partial charge in [0.05, 0.1) is 0 Å². The second-order valence-electron chi connectivity index (χ2n) is 5.91. The molecule has 0 saturated carbocycles. The summed E-state index contributed by atoms with van der Waals surface area (Å²) >= 11 is 1.76. The van der Waals surface area contributed by atoms with Gasteiger partial charge in [-0.2, -0.15) is 0 Å². The van der Waals surface area contributed by atoms with Gasteiger partial charge in [-0.1, -0.05) is 25.8 Å². The van der Waals surface area contributed by atoms with E-state index in [1.165, 1.54) is 17.7 Å². The second kappa shape index (κ2) is 9.96. The highest BCUT2D eigenvalue weighted by Crippen LogP contribution is 2.19. The normalized spacial score (nSPS) is 13.9. The number of nitrogens with zero attached hydrogens (tertiary/aromatic N) is 1.